The van der Waals surface area contributed by atoms with E-state index in [1.165, 1.54) is 6.07 Å². The summed E-state index contributed by atoms with van der Waals surface area (Å²) in [5.74, 6) is -0.757. The molecule has 0 radical (unpaired) electrons. The lowest BCUT2D eigenvalue weighted by molar-refractivity contribution is -0.137. The van der Waals surface area contributed by atoms with Crippen LogP contribution in [0.2, 0.25) is 0 Å². The molecule has 3 nitrogen and oxygen atoms in total. The van der Waals surface area contributed by atoms with Crippen LogP contribution in [0.1, 0.15) is 41.6 Å². The maximum absolute atomic E-state index is 12.7. The van der Waals surface area contributed by atoms with Gasteiger partial charge in [0.2, 0.25) is 0 Å². The Hall–Kier alpha value is -1.72. The van der Waals surface area contributed by atoms with Crippen molar-refractivity contribution in [2.24, 2.45) is 5.92 Å². The molecule has 6 heteroatoms. The summed E-state index contributed by atoms with van der Waals surface area (Å²) >= 11 is 0. The average molecular weight is 299 g/mol. The fourth-order valence-electron chi connectivity index (χ4n) is 2.54. The van der Waals surface area contributed by atoms with E-state index in [2.05, 4.69) is 0 Å². The summed E-state index contributed by atoms with van der Waals surface area (Å²) in [4.78, 5) is 13.3. The van der Waals surface area contributed by atoms with Gasteiger partial charge in [0.25, 0.3) is 0 Å². The topological polar surface area (TPSA) is 40.5 Å². The minimum absolute atomic E-state index is 0.252. The molecule has 0 spiro atoms. The van der Waals surface area contributed by atoms with E-state index in [9.17, 15) is 23.1 Å². The van der Waals surface area contributed by atoms with Crippen molar-refractivity contribution < 1.29 is 23.1 Å². The van der Waals surface area contributed by atoms with Crippen LogP contribution in [-0.4, -0.2) is 23.7 Å². The first kappa shape index (κ1) is 14.2. The molecule has 0 aliphatic heterocycles. The highest BCUT2D eigenvalue weighted by molar-refractivity contribution is 5.95. The smallest absolute Gasteiger partial charge is 0.416 e. The fourth-order valence-corrected chi connectivity index (χ4v) is 2.54. The van der Waals surface area contributed by atoms with Gasteiger partial charge in [0, 0.05) is 12.6 Å². The SMILES string of the molecule is O=C(O)c1cc(C(F)(F)F)ccc1N(CC1CC1)C1CC1. The summed E-state index contributed by atoms with van der Waals surface area (Å²) in [6.07, 6.45) is -0.332. The Kier molecular flexibility index (Phi) is 3.34. The van der Waals surface area contributed by atoms with Crippen molar-refractivity contribution in [3.05, 3.63) is 29.3 Å². The monoisotopic (exact) mass is 299 g/mol. The number of aromatic carboxylic acids is 1. The predicted molar refractivity (Wildman–Crippen MR) is 71.5 cm³/mol. The van der Waals surface area contributed by atoms with Crippen LogP contribution in [0.25, 0.3) is 0 Å². The molecule has 21 heavy (non-hydrogen) atoms. The number of halogens is 3. The van der Waals surface area contributed by atoms with Crippen molar-refractivity contribution in [3.63, 3.8) is 0 Å². The van der Waals surface area contributed by atoms with Gasteiger partial charge in [0.15, 0.2) is 0 Å². The third-order valence-electron chi connectivity index (χ3n) is 4.00. The summed E-state index contributed by atoms with van der Waals surface area (Å²) < 4.78 is 38.2. The van der Waals surface area contributed by atoms with Gasteiger partial charge in [-0.1, -0.05) is 0 Å². The zero-order chi connectivity index (χ0) is 15.2. The fraction of sp³-hybridized carbons (Fsp3) is 0.533. The Balaban J connectivity index is 1.97. The quantitative estimate of drug-likeness (QED) is 0.899. The van der Waals surface area contributed by atoms with Gasteiger partial charge in [-0.25, -0.2) is 4.79 Å². The van der Waals surface area contributed by atoms with Crippen molar-refractivity contribution in [2.45, 2.75) is 37.9 Å². The molecule has 1 aromatic rings. The van der Waals surface area contributed by atoms with Gasteiger partial charge in [0.05, 0.1) is 16.8 Å². The van der Waals surface area contributed by atoms with Gasteiger partial charge >= 0.3 is 12.1 Å². The summed E-state index contributed by atoms with van der Waals surface area (Å²) in [6.45, 7) is 0.746. The molecule has 0 bridgehead atoms. The molecule has 0 heterocycles. The highest BCUT2D eigenvalue weighted by Crippen LogP contribution is 2.40. The van der Waals surface area contributed by atoms with E-state index in [0.717, 1.165) is 44.4 Å². The van der Waals surface area contributed by atoms with Crippen LogP contribution >= 0.6 is 0 Å². The number of carboxylic acids is 1. The molecular formula is C15H16F3NO2. The second-order valence-corrected chi connectivity index (χ2v) is 5.86. The molecule has 2 aliphatic carbocycles. The van der Waals surface area contributed by atoms with Crippen molar-refractivity contribution in [2.75, 3.05) is 11.4 Å². The highest BCUT2D eigenvalue weighted by atomic mass is 19.4. The van der Waals surface area contributed by atoms with Gasteiger partial charge in [0.1, 0.15) is 0 Å². The molecule has 2 saturated carbocycles. The second-order valence-electron chi connectivity index (χ2n) is 5.86. The first-order valence-electron chi connectivity index (χ1n) is 7.07. The number of nitrogens with zero attached hydrogens (tertiary/aromatic N) is 1. The van der Waals surface area contributed by atoms with E-state index in [1.807, 2.05) is 4.90 Å². The normalized spacial score (nSPS) is 18.6. The number of anilines is 1. The zero-order valence-electron chi connectivity index (χ0n) is 11.4. The Morgan fingerprint density at radius 3 is 2.38 bits per heavy atom. The Bertz CT molecular complexity index is 563. The third kappa shape index (κ3) is 3.14. The number of hydrogen-bond donors (Lipinski definition) is 1. The summed E-state index contributed by atoms with van der Waals surface area (Å²) in [7, 11) is 0. The number of carbonyl (C=O) groups is 1. The Morgan fingerprint density at radius 1 is 1.24 bits per heavy atom. The first-order chi connectivity index (χ1) is 9.86. The van der Waals surface area contributed by atoms with Crippen LogP contribution in [0.3, 0.4) is 0 Å². The van der Waals surface area contributed by atoms with Crippen LogP contribution < -0.4 is 4.90 Å². The number of hydrogen-bond acceptors (Lipinski definition) is 2. The molecule has 2 fully saturated rings. The maximum Gasteiger partial charge on any atom is 0.416 e. The maximum atomic E-state index is 12.7. The van der Waals surface area contributed by atoms with Crippen molar-refractivity contribution in [3.8, 4) is 0 Å². The molecule has 2 aliphatic rings. The lowest BCUT2D eigenvalue weighted by atomic mass is 10.1. The van der Waals surface area contributed by atoms with E-state index in [0.29, 0.717) is 11.6 Å². The van der Waals surface area contributed by atoms with Crippen LogP contribution in [0.5, 0.6) is 0 Å². The number of rotatable bonds is 5. The number of alkyl halides is 3. The number of carboxylic acid groups (broad SMARTS) is 1. The Labute approximate surface area is 120 Å². The van der Waals surface area contributed by atoms with Crippen molar-refractivity contribution in [1.29, 1.82) is 0 Å². The van der Waals surface area contributed by atoms with Crippen LogP contribution in [0, 0.1) is 5.92 Å². The minimum Gasteiger partial charge on any atom is -0.478 e. The van der Waals surface area contributed by atoms with E-state index in [1.54, 1.807) is 0 Å². The van der Waals surface area contributed by atoms with Crippen LogP contribution in [-0.2, 0) is 6.18 Å². The molecule has 1 aromatic carbocycles. The van der Waals surface area contributed by atoms with Gasteiger partial charge in [-0.3, -0.25) is 0 Å². The molecule has 0 amide bonds. The van der Waals surface area contributed by atoms with Gasteiger partial charge < -0.3 is 10.0 Å². The molecule has 0 aromatic heterocycles. The largest absolute Gasteiger partial charge is 0.478 e. The average Bonchev–Trinajstić information content (AvgIpc) is 3.25. The summed E-state index contributed by atoms with van der Waals surface area (Å²) in [5.41, 5.74) is -0.743. The minimum atomic E-state index is -4.52. The van der Waals surface area contributed by atoms with E-state index in [4.69, 9.17) is 0 Å². The lowest BCUT2D eigenvalue weighted by Crippen LogP contribution is -2.30. The molecule has 0 atom stereocenters. The zero-order valence-corrected chi connectivity index (χ0v) is 11.4. The van der Waals surface area contributed by atoms with E-state index >= 15 is 0 Å². The molecular weight excluding hydrogens is 283 g/mol. The highest BCUT2D eigenvalue weighted by Gasteiger charge is 2.37. The summed E-state index contributed by atoms with van der Waals surface area (Å²) in [5, 5.41) is 9.26. The number of benzene rings is 1. The van der Waals surface area contributed by atoms with Crippen LogP contribution in [0.15, 0.2) is 18.2 Å². The molecule has 0 unspecified atom stereocenters. The standard InChI is InChI=1S/C15H16F3NO2/c16-15(17,18)10-3-6-13(12(7-10)14(20)21)19(11-4-5-11)8-9-1-2-9/h3,6-7,9,11H,1-2,4-5,8H2,(H,20,21). The van der Waals surface area contributed by atoms with E-state index < -0.39 is 17.7 Å². The Morgan fingerprint density at radius 2 is 1.90 bits per heavy atom. The molecule has 1 N–H and O–H groups in total. The van der Waals surface area contributed by atoms with Crippen molar-refractivity contribution in [1.82, 2.24) is 0 Å². The van der Waals surface area contributed by atoms with Gasteiger partial charge in [-0.15, -0.1) is 0 Å². The first-order valence-corrected chi connectivity index (χ1v) is 7.07. The summed E-state index contributed by atoms with van der Waals surface area (Å²) in [6, 6.07) is 3.32. The molecule has 3 rings (SSSR count). The van der Waals surface area contributed by atoms with Crippen LogP contribution in [0.4, 0.5) is 18.9 Å². The molecule has 0 saturated heterocycles. The predicted octanol–water partition coefficient (Wildman–Crippen LogP) is 3.78. The van der Waals surface area contributed by atoms with Gasteiger partial charge in [-0.05, 0) is 49.8 Å². The van der Waals surface area contributed by atoms with Crippen molar-refractivity contribution >= 4 is 11.7 Å². The lowest BCUT2D eigenvalue weighted by Gasteiger charge is -2.26. The molecule has 114 valence electrons. The van der Waals surface area contributed by atoms with Gasteiger partial charge in [-0.2, -0.15) is 13.2 Å². The second kappa shape index (κ2) is 4.93. The van der Waals surface area contributed by atoms with E-state index in [-0.39, 0.29) is 11.6 Å². The third-order valence-corrected chi connectivity index (χ3v) is 4.00.